The molecular formula is C17H15Cl2NOS. The number of thioether (sulfide) groups is 1. The van der Waals surface area contributed by atoms with Crippen LogP contribution in [0.2, 0.25) is 10.0 Å². The van der Waals surface area contributed by atoms with Gasteiger partial charge in [-0.15, -0.1) is 11.8 Å². The normalized spacial score (nSPS) is 18.1. The van der Waals surface area contributed by atoms with Crippen molar-refractivity contribution in [3.05, 3.63) is 63.1 Å². The number of benzene rings is 2. The average Bonchev–Trinajstić information content (AvgIpc) is 2.82. The summed E-state index contributed by atoms with van der Waals surface area (Å²) in [5, 5.41) is 0.894. The zero-order chi connectivity index (χ0) is 15.9. The van der Waals surface area contributed by atoms with Gasteiger partial charge < -0.3 is 0 Å². The largest absolute Gasteiger partial charge is 0.295 e. The van der Waals surface area contributed by atoms with E-state index in [1.165, 1.54) is 0 Å². The highest BCUT2D eigenvalue weighted by molar-refractivity contribution is 8.00. The second-order valence-electron chi connectivity index (χ2n) is 5.42. The molecule has 1 aliphatic rings. The SMILES string of the molecule is Cc1cc(C)cc(N2C(=O)CS[C@H]2c2cccc(Cl)c2Cl)c1. The van der Waals surface area contributed by atoms with Gasteiger partial charge in [0.05, 0.1) is 15.8 Å². The topological polar surface area (TPSA) is 20.3 Å². The molecule has 0 N–H and O–H groups in total. The molecule has 0 spiro atoms. The summed E-state index contributed by atoms with van der Waals surface area (Å²) in [5.74, 6) is 0.538. The second kappa shape index (κ2) is 6.15. The van der Waals surface area contributed by atoms with Crippen molar-refractivity contribution in [2.75, 3.05) is 10.7 Å². The molecule has 1 atom stereocenters. The molecular weight excluding hydrogens is 337 g/mol. The molecule has 0 aliphatic carbocycles. The first-order valence-corrected chi connectivity index (χ1v) is 8.73. The molecule has 0 aromatic heterocycles. The van der Waals surface area contributed by atoms with Crippen molar-refractivity contribution < 1.29 is 4.79 Å². The smallest absolute Gasteiger partial charge is 0.238 e. The number of amides is 1. The van der Waals surface area contributed by atoms with E-state index < -0.39 is 0 Å². The Hall–Kier alpha value is -1.16. The van der Waals surface area contributed by atoms with Crippen molar-refractivity contribution >= 4 is 46.6 Å². The number of nitrogens with zero attached hydrogens (tertiary/aromatic N) is 1. The van der Waals surface area contributed by atoms with Gasteiger partial charge in [-0.05, 0) is 43.2 Å². The Labute approximate surface area is 144 Å². The highest BCUT2D eigenvalue weighted by Crippen LogP contribution is 2.45. The monoisotopic (exact) mass is 351 g/mol. The van der Waals surface area contributed by atoms with Crippen LogP contribution in [0.15, 0.2) is 36.4 Å². The molecule has 22 heavy (non-hydrogen) atoms. The first-order chi connectivity index (χ1) is 10.5. The summed E-state index contributed by atoms with van der Waals surface area (Å²) in [4.78, 5) is 14.2. The van der Waals surface area contributed by atoms with Crippen molar-refractivity contribution in [2.24, 2.45) is 0 Å². The molecule has 2 aromatic carbocycles. The Morgan fingerprint density at radius 2 is 1.82 bits per heavy atom. The van der Waals surface area contributed by atoms with Crippen LogP contribution in [0.1, 0.15) is 22.1 Å². The van der Waals surface area contributed by atoms with Crippen LogP contribution in [-0.2, 0) is 4.79 Å². The number of hydrogen-bond acceptors (Lipinski definition) is 2. The van der Waals surface area contributed by atoms with Crippen molar-refractivity contribution in [1.82, 2.24) is 0 Å². The molecule has 0 radical (unpaired) electrons. The summed E-state index contributed by atoms with van der Waals surface area (Å²) >= 11 is 14.1. The minimum absolute atomic E-state index is 0.0936. The molecule has 2 aromatic rings. The highest BCUT2D eigenvalue weighted by Gasteiger charge is 2.35. The van der Waals surface area contributed by atoms with E-state index in [4.69, 9.17) is 23.2 Å². The van der Waals surface area contributed by atoms with E-state index in [9.17, 15) is 4.79 Å². The van der Waals surface area contributed by atoms with Gasteiger partial charge in [0.1, 0.15) is 5.37 Å². The number of carbonyl (C=O) groups is 1. The summed E-state index contributed by atoms with van der Waals surface area (Å²) in [6, 6.07) is 11.7. The fraction of sp³-hybridized carbons (Fsp3) is 0.235. The number of hydrogen-bond donors (Lipinski definition) is 0. The minimum Gasteiger partial charge on any atom is -0.295 e. The number of carbonyl (C=O) groups excluding carboxylic acids is 1. The first-order valence-electron chi connectivity index (χ1n) is 6.93. The Balaban J connectivity index is 2.08. The third kappa shape index (κ3) is 2.85. The van der Waals surface area contributed by atoms with Crippen molar-refractivity contribution in [3.8, 4) is 0 Å². The third-order valence-corrected chi connectivity index (χ3v) is 5.63. The van der Waals surface area contributed by atoms with Crippen LogP contribution < -0.4 is 4.90 Å². The molecule has 0 bridgehead atoms. The maximum atomic E-state index is 12.4. The lowest BCUT2D eigenvalue weighted by atomic mass is 10.1. The van der Waals surface area contributed by atoms with Crippen LogP contribution in [0.5, 0.6) is 0 Å². The summed E-state index contributed by atoms with van der Waals surface area (Å²) in [6.07, 6.45) is 0. The van der Waals surface area contributed by atoms with Crippen molar-refractivity contribution in [1.29, 1.82) is 0 Å². The van der Waals surface area contributed by atoms with E-state index in [-0.39, 0.29) is 11.3 Å². The van der Waals surface area contributed by atoms with Crippen LogP contribution in [0, 0.1) is 13.8 Å². The van der Waals surface area contributed by atoms with Gasteiger partial charge in [0.15, 0.2) is 0 Å². The number of halogens is 2. The number of anilines is 1. The van der Waals surface area contributed by atoms with Gasteiger partial charge in [-0.3, -0.25) is 9.69 Å². The van der Waals surface area contributed by atoms with E-state index in [1.807, 2.05) is 43.0 Å². The van der Waals surface area contributed by atoms with Gasteiger partial charge >= 0.3 is 0 Å². The van der Waals surface area contributed by atoms with E-state index in [1.54, 1.807) is 17.8 Å². The quantitative estimate of drug-likeness (QED) is 0.722. The zero-order valence-electron chi connectivity index (χ0n) is 12.3. The minimum atomic E-state index is -0.139. The van der Waals surface area contributed by atoms with E-state index in [2.05, 4.69) is 6.07 Å². The summed E-state index contributed by atoms with van der Waals surface area (Å²) in [7, 11) is 0. The molecule has 1 fully saturated rings. The lowest BCUT2D eigenvalue weighted by molar-refractivity contribution is -0.115. The molecule has 1 amide bonds. The van der Waals surface area contributed by atoms with Crippen LogP contribution in [-0.4, -0.2) is 11.7 Å². The first kappa shape index (κ1) is 15.7. The van der Waals surface area contributed by atoms with Gasteiger partial charge in [-0.25, -0.2) is 0 Å². The molecule has 2 nitrogen and oxygen atoms in total. The third-order valence-electron chi connectivity index (χ3n) is 3.60. The van der Waals surface area contributed by atoms with Crippen molar-refractivity contribution in [2.45, 2.75) is 19.2 Å². The van der Waals surface area contributed by atoms with Crippen LogP contribution in [0.4, 0.5) is 5.69 Å². The van der Waals surface area contributed by atoms with Gasteiger partial charge in [0.2, 0.25) is 5.91 Å². The fourth-order valence-electron chi connectivity index (χ4n) is 2.73. The summed E-state index contributed by atoms with van der Waals surface area (Å²) < 4.78 is 0. The predicted octanol–water partition coefficient (Wildman–Crippen LogP) is 5.39. The average molecular weight is 352 g/mol. The molecule has 5 heteroatoms. The Kier molecular flexibility index (Phi) is 4.40. The maximum absolute atomic E-state index is 12.4. The maximum Gasteiger partial charge on any atom is 0.238 e. The summed E-state index contributed by atoms with van der Waals surface area (Å²) in [5.41, 5.74) is 4.06. The van der Waals surface area contributed by atoms with Gasteiger partial charge in [0, 0.05) is 11.3 Å². The van der Waals surface area contributed by atoms with Crippen LogP contribution >= 0.6 is 35.0 Å². The Morgan fingerprint density at radius 1 is 1.14 bits per heavy atom. The van der Waals surface area contributed by atoms with Crippen LogP contribution in [0.25, 0.3) is 0 Å². The van der Waals surface area contributed by atoms with Crippen molar-refractivity contribution in [3.63, 3.8) is 0 Å². The second-order valence-corrected chi connectivity index (χ2v) is 7.27. The van der Waals surface area contributed by atoms with E-state index in [0.29, 0.717) is 15.8 Å². The van der Waals surface area contributed by atoms with Crippen LogP contribution in [0.3, 0.4) is 0 Å². The molecule has 114 valence electrons. The lowest BCUT2D eigenvalue weighted by Crippen LogP contribution is -2.28. The molecule has 1 aliphatic heterocycles. The molecule has 1 saturated heterocycles. The standard InChI is InChI=1S/C17H15Cl2NOS/c1-10-6-11(2)8-12(7-10)20-15(21)9-22-17(20)13-4-3-5-14(18)16(13)19/h3-8,17H,9H2,1-2H3/t17-/m0/s1. The van der Waals surface area contributed by atoms with E-state index >= 15 is 0 Å². The molecule has 0 saturated carbocycles. The lowest BCUT2D eigenvalue weighted by Gasteiger charge is -2.26. The molecule has 3 rings (SSSR count). The predicted molar refractivity (Wildman–Crippen MR) is 95.1 cm³/mol. The highest BCUT2D eigenvalue weighted by atomic mass is 35.5. The fourth-order valence-corrected chi connectivity index (χ4v) is 4.41. The Bertz CT molecular complexity index is 727. The van der Waals surface area contributed by atoms with E-state index in [0.717, 1.165) is 22.4 Å². The number of rotatable bonds is 2. The molecule has 0 unspecified atom stereocenters. The Morgan fingerprint density at radius 3 is 2.50 bits per heavy atom. The van der Waals surface area contributed by atoms with Gasteiger partial charge in [0.25, 0.3) is 0 Å². The van der Waals surface area contributed by atoms with Gasteiger partial charge in [-0.2, -0.15) is 0 Å². The number of aryl methyl sites for hydroxylation is 2. The summed E-state index contributed by atoms with van der Waals surface area (Å²) in [6.45, 7) is 4.07. The van der Waals surface area contributed by atoms with Gasteiger partial charge in [-0.1, -0.05) is 41.4 Å². The zero-order valence-corrected chi connectivity index (χ0v) is 14.6. The molecule has 1 heterocycles.